The third-order valence-corrected chi connectivity index (χ3v) is 2.96. The van der Waals surface area contributed by atoms with Crippen molar-refractivity contribution in [3.05, 3.63) is 0 Å². The molecule has 1 heterocycles. The van der Waals surface area contributed by atoms with Crippen molar-refractivity contribution >= 4 is 29.6 Å². The summed E-state index contributed by atoms with van der Waals surface area (Å²) in [7, 11) is 3.73. The molecule has 0 aromatic carbocycles. The molecule has 1 unspecified atom stereocenters. The van der Waals surface area contributed by atoms with E-state index in [-0.39, 0.29) is 5.95 Å². The molecule has 0 amide bonds. The SMILES string of the molecule is CSC(C)CNc1nc(N)nc(N(C)C)n1. The van der Waals surface area contributed by atoms with Gasteiger partial charge in [-0.2, -0.15) is 26.7 Å². The van der Waals surface area contributed by atoms with Gasteiger partial charge in [0.15, 0.2) is 0 Å². The summed E-state index contributed by atoms with van der Waals surface area (Å²) < 4.78 is 0. The van der Waals surface area contributed by atoms with Crippen molar-refractivity contribution < 1.29 is 0 Å². The second-order valence-corrected chi connectivity index (χ2v) is 4.92. The van der Waals surface area contributed by atoms with Crippen LogP contribution in [0.3, 0.4) is 0 Å². The van der Waals surface area contributed by atoms with Gasteiger partial charge in [-0.1, -0.05) is 6.92 Å². The summed E-state index contributed by atoms with van der Waals surface area (Å²) in [5.74, 6) is 1.32. The minimum Gasteiger partial charge on any atom is -0.368 e. The highest BCUT2D eigenvalue weighted by atomic mass is 32.2. The Bertz CT molecular complexity index is 343. The fraction of sp³-hybridized carbons (Fsp3) is 0.667. The van der Waals surface area contributed by atoms with E-state index in [0.29, 0.717) is 17.1 Å². The molecular weight excluding hydrogens is 224 g/mol. The Kier molecular flexibility index (Phi) is 4.60. The normalized spacial score (nSPS) is 12.2. The molecule has 0 aliphatic heterocycles. The number of nitrogens with one attached hydrogen (secondary N) is 1. The summed E-state index contributed by atoms with van der Waals surface area (Å²) >= 11 is 1.78. The Labute approximate surface area is 100 Å². The number of rotatable bonds is 5. The van der Waals surface area contributed by atoms with E-state index < -0.39 is 0 Å². The molecule has 1 atom stereocenters. The van der Waals surface area contributed by atoms with Gasteiger partial charge in [-0.25, -0.2) is 0 Å². The summed E-state index contributed by atoms with van der Waals surface area (Å²) in [5.41, 5.74) is 5.60. The van der Waals surface area contributed by atoms with Crippen molar-refractivity contribution in [2.45, 2.75) is 12.2 Å². The van der Waals surface area contributed by atoms with Crippen LogP contribution in [0, 0.1) is 0 Å². The van der Waals surface area contributed by atoms with Crippen LogP contribution in [0.15, 0.2) is 0 Å². The van der Waals surface area contributed by atoms with Gasteiger partial charge < -0.3 is 16.0 Å². The number of aromatic nitrogens is 3. The summed E-state index contributed by atoms with van der Waals surface area (Å²) in [6.45, 7) is 2.94. The van der Waals surface area contributed by atoms with Gasteiger partial charge in [0.05, 0.1) is 0 Å². The first kappa shape index (κ1) is 12.8. The average molecular weight is 242 g/mol. The minimum atomic E-state index is 0.234. The fourth-order valence-electron chi connectivity index (χ4n) is 0.978. The topological polar surface area (TPSA) is 80.0 Å². The predicted molar refractivity (Wildman–Crippen MR) is 70.0 cm³/mol. The van der Waals surface area contributed by atoms with Crippen molar-refractivity contribution in [1.82, 2.24) is 15.0 Å². The molecular formula is C9H18N6S. The van der Waals surface area contributed by atoms with Crippen LogP contribution >= 0.6 is 11.8 Å². The molecule has 0 fully saturated rings. The van der Waals surface area contributed by atoms with E-state index in [4.69, 9.17) is 5.73 Å². The van der Waals surface area contributed by atoms with Crippen LogP contribution in [0.5, 0.6) is 0 Å². The third kappa shape index (κ3) is 3.73. The zero-order valence-corrected chi connectivity index (χ0v) is 10.9. The number of nitrogen functional groups attached to an aromatic ring is 1. The first-order valence-electron chi connectivity index (χ1n) is 4.98. The number of thioether (sulfide) groups is 1. The largest absolute Gasteiger partial charge is 0.368 e. The van der Waals surface area contributed by atoms with E-state index in [2.05, 4.69) is 33.4 Å². The van der Waals surface area contributed by atoms with Crippen LogP contribution < -0.4 is 16.0 Å². The van der Waals surface area contributed by atoms with E-state index in [9.17, 15) is 0 Å². The molecule has 1 rings (SSSR count). The standard InChI is InChI=1S/C9H18N6S/c1-6(16-4)5-11-8-12-7(10)13-9(14-8)15(2)3/h6H,5H2,1-4H3,(H3,10,11,12,13,14). The van der Waals surface area contributed by atoms with Gasteiger partial charge >= 0.3 is 0 Å². The highest BCUT2D eigenvalue weighted by Crippen LogP contribution is 2.10. The lowest BCUT2D eigenvalue weighted by Crippen LogP contribution is -2.19. The van der Waals surface area contributed by atoms with Crippen LogP contribution in [0.4, 0.5) is 17.8 Å². The van der Waals surface area contributed by atoms with Gasteiger partial charge in [0.25, 0.3) is 0 Å². The molecule has 0 aliphatic carbocycles. The number of anilines is 3. The van der Waals surface area contributed by atoms with Crippen LogP contribution in [0.1, 0.15) is 6.92 Å². The first-order chi connectivity index (χ1) is 7.52. The maximum atomic E-state index is 5.60. The van der Waals surface area contributed by atoms with Crippen LogP contribution in [0.2, 0.25) is 0 Å². The highest BCUT2D eigenvalue weighted by Gasteiger charge is 2.06. The Morgan fingerprint density at radius 1 is 1.38 bits per heavy atom. The monoisotopic (exact) mass is 242 g/mol. The summed E-state index contributed by atoms with van der Waals surface area (Å²) in [5, 5.41) is 3.64. The maximum absolute atomic E-state index is 5.60. The lowest BCUT2D eigenvalue weighted by Gasteiger charge is -2.13. The minimum absolute atomic E-state index is 0.234. The molecule has 0 saturated heterocycles. The Morgan fingerprint density at radius 3 is 2.62 bits per heavy atom. The first-order valence-corrected chi connectivity index (χ1v) is 6.27. The van der Waals surface area contributed by atoms with Gasteiger partial charge in [0, 0.05) is 25.9 Å². The second-order valence-electron chi connectivity index (χ2n) is 3.64. The van der Waals surface area contributed by atoms with Crippen molar-refractivity contribution in [3.63, 3.8) is 0 Å². The van der Waals surface area contributed by atoms with Crippen molar-refractivity contribution in [2.24, 2.45) is 0 Å². The number of nitrogens with two attached hydrogens (primary N) is 1. The van der Waals surface area contributed by atoms with E-state index in [1.165, 1.54) is 0 Å². The Morgan fingerprint density at radius 2 is 2.06 bits per heavy atom. The van der Waals surface area contributed by atoms with E-state index in [1.807, 2.05) is 14.1 Å². The number of hydrogen-bond donors (Lipinski definition) is 2. The molecule has 7 heteroatoms. The van der Waals surface area contributed by atoms with Gasteiger partial charge in [0.1, 0.15) is 0 Å². The molecule has 0 radical (unpaired) electrons. The molecule has 1 aromatic rings. The molecule has 0 saturated carbocycles. The maximum Gasteiger partial charge on any atom is 0.231 e. The Hall–Kier alpha value is -1.24. The van der Waals surface area contributed by atoms with Gasteiger partial charge in [0.2, 0.25) is 17.8 Å². The zero-order chi connectivity index (χ0) is 12.1. The van der Waals surface area contributed by atoms with Gasteiger partial charge in [-0.3, -0.25) is 0 Å². The van der Waals surface area contributed by atoms with Crippen molar-refractivity contribution in [2.75, 3.05) is 42.8 Å². The molecule has 16 heavy (non-hydrogen) atoms. The summed E-state index contributed by atoms with van der Waals surface area (Å²) in [6.07, 6.45) is 2.07. The summed E-state index contributed by atoms with van der Waals surface area (Å²) in [4.78, 5) is 14.1. The van der Waals surface area contributed by atoms with Crippen LogP contribution in [-0.2, 0) is 0 Å². The highest BCUT2D eigenvalue weighted by molar-refractivity contribution is 7.99. The van der Waals surface area contributed by atoms with Crippen molar-refractivity contribution in [3.8, 4) is 0 Å². The number of nitrogens with zero attached hydrogens (tertiary/aromatic N) is 4. The van der Waals surface area contributed by atoms with Crippen LogP contribution in [-0.4, -0.2) is 47.1 Å². The quantitative estimate of drug-likeness (QED) is 0.786. The lowest BCUT2D eigenvalue weighted by atomic mass is 10.5. The van der Waals surface area contributed by atoms with Crippen LogP contribution in [0.25, 0.3) is 0 Å². The molecule has 0 bridgehead atoms. The molecule has 1 aromatic heterocycles. The third-order valence-electron chi connectivity index (χ3n) is 1.99. The van der Waals surface area contributed by atoms with E-state index in [0.717, 1.165) is 6.54 Å². The van der Waals surface area contributed by atoms with Gasteiger partial charge in [-0.05, 0) is 6.26 Å². The molecule has 3 N–H and O–H groups in total. The second kappa shape index (κ2) is 5.74. The zero-order valence-electron chi connectivity index (χ0n) is 10.1. The molecule has 0 aliphatic rings. The molecule has 90 valence electrons. The molecule has 6 nitrogen and oxygen atoms in total. The number of hydrogen-bond acceptors (Lipinski definition) is 7. The van der Waals surface area contributed by atoms with E-state index >= 15 is 0 Å². The summed E-state index contributed by atoms with van der Waals surface area (Å²) in [6, 6.07) is 0. The predicted octanol–water partition coefficient (Wildman–Crippen LogP) is 0.683. The smallest absolute Gasteiger partial charge is 0.231 e. The Balaban J connectivity index is 2.72. The molecule has 0 spiro atoms. The van der Waals surface area contributed by atoms with Crippen molar-refractivity contribution in [1.29, 1.82) is 0 Å². The van der Waals surface area contributed by atoms with E-state index in [1.54, 1.807) is 16.7 Å². The fourth-order valence-corrected chi connectivity index (χ4v) is 1.23. The lowest BCUT2D eigenvalue weighted by molar-refractivity contribution is 0.931. The average Bonchev–Trinajstić information content (AvgIpc) is 2.25. The van der Waals surface area contributed by atoms with Gasteiger partial charge in [-0.15, -0.1) is 0 Å².